The quantitative estimate of drug-likeness (QED) is 0.638. The van der Waals surface area contributed by atoms with Crippen LogP contribution in [0.25, 0.3) is 0 Å². The van der Waals surface area contributed by atoms with Crippen molar-refractivity contribution in [3.05, 3.63) is 35.6 Å². The number of nitrogens with one attached hydrogen (secondary N) is 2. The predicted molar refractivity (Wildman–Crippen MR) is 90.2 cm³/mol. The van der Waals surface area contributed by atoms with Crippen molar-refractivity contribution in [2.24, 2.45) is 0 Å². The smallest absolute Gasteiger partial charge is 0.314 e. The summed E-state index contributed by atoms with van der Waals surface area (Å²) in [7, 11) is 0. The van der Waals surface area contributed by atoms with Crippen LogP contribution in [0.3, 0.4) is 0 Å². The first kappa shape index (κ1) is 18.7. The zero-order valence-corrected chi connectivity index (χ0v) is 14.0. The Morgan fingerprint density at radius 1 is 1.21 bits per heavy atom. The Morgan fingerprint density at radius 3 is 2.62 bits per heavy atom. The minimum atomic E-state index is -0.856. The number of ether oxygens (including phenoxy) is 1. The molecular formula is C18H27FN2O3. The number of benzene rings is 1. The van der Waals surface area contributed by atoms with Crippen LogP contribution < -0.4 is 10.6 Å². The Balaban J connectivity index is 1.52. The third kappa shape index (κ3) is 6.84. The van der Waals surface area contributed by atoms with Gasteiger partial charge in [0.15, 0.2) is 0 Å². The number of rotatable bonds is 8. The van der Waals surface area contributed by atoms with Crippen LogP contribution in [0.2, 0.25) is 0 Å². The van der Waals surface area contributed by atoms with Gasteiger partial charge in [-0.05, 0) is 37.0 Å². The molecule has 24 heavy (non-hydrogen) atoms. The lowest BCUT2D eigenvalue weighted by Gasteiger charge is -2.21. The number of aliphatic hydroxyl groups is 1. The number of hydrogen-bond donors (Lipinski definition) is 3. The summed E-state index contributed by atoms with van der Waals surface area (Å²) >= 11 is 0. The normalized spacial score (nSPS) is 16.6. The highest BCUT2D eigenvalue weighted by molar-refractivity contribution is 5.73. The Labute approximate surface area is 142 Å². The number of aliphatic hydroxyl groups excluding tert-OH is 1. The zero-order chi connectivity index (χ0) is 17.2. The van der Waals surface area contributed by atoms with E-state index in [1.807, 2.05) is 0 Å². The molecule has 1 atom stereocenters. The molecule has 0 radical (unpaired) electrons. The molecule has 3 N–H and O–H groups in total. The second kappa shape index (κ2) is 10.3. The molecule has 0 aromatic heterocycles. The molecule has 0 heterocycles. The van der Waals surface area contributed by atoms with Crippen molar-refractivity contribution in [2.45, 2.75) is 50.7 Å². The van der Waals surface area contributed by atoms with Gasteiger partial charge in [0.1, 0.15) is 5.82 Å². The Kier molecular flexibility index (Phi) is 7.98. The van der Waals surface area contributed by atoms with E-state index in [0.717, 1.165) is 19.3 Å². The van der Waals surface area contributed by atoms with Crippen molar-refractivity contribution >= 4 is 6.03 Å². The summed E-state index contributed by atoms with van der Waals surface area (Å²) in [5.41, 5.74) is 0.567. The molecule has 0 saturated heterocycles. The highest BCUT2D eigenvalue weighted by Crippen LogP contribution is 2.20. The van der Waals surface area contributed by atoms with Crippen LogP contribution in [0, 0.1) is 5.82 Å². The van der Waals surface area contributed by atoms with Gasteiger partial charge in [-0.3, -0.25) is 0 Å². The van der Waals surface area contributed by atoms with Gasteiger partial charge in [-0.15, -0.1) is 0 Å². The molecule has 2 amide bonds. The lowest BCUT2D eigenvalue weighted by atomic mass is 9.98. The van der Waals surface area contributed by atoms with Crippen molar-refractivity contribution in [1.82, 2.24) is 10.6 Å². The van der Waals surface area contributed by atoms with Crippen LogP contribution in [0.5, 0.6) is 0 Å². The third-order valence-electron chi connectivity index (χ3n) is 4.22. The first-order chi connectivity index (χ1) is 11.6. The fraction of sp³-hybridized carbons (Fsp3) is 0.611. The molecule has 1 aliphatic carbocycles. The van der Waals surface area contributed by atoms with E-state index in [0.29, 0.717) is 24.8 Å². The van der Waals surface area contributed by atoms with E-state index in [-0.39, 0.29) is 18.4 Å². The van der Waals surface area contributed by atoms with Gasteiger partial charge in [-0.1, -0.05) is 31.4 Å². The Bertz CT molecular complexity index is 490. The highest BCUT2D eigenvalue weighted by atomic mass is 19.1. The summed E-state index contributed by atoms with van der Waals surface area (Å²) in [6, 6.07) is 5.24. The van der Waals surface area contributed by atoms with Crippen LogP contribution in [-0.4, -0.2) is 36.9 Å². The number of urea groups is 1. The topological polar surface area (TPSA) is 70.6 Å². The molecule has 6 heteroatoms. The van der Waals surface area contributed by atoms with Gasteiger partial charge in [0, 0.05) is 19.7 Å². The molecule has 5 nitrogen and oxygen atoms in total. The lowest BCUT2D eigenvalue weighted by molar-refractivity contribution is 0.0275. The Morgan fingerprint density at radius 2 is 1.92 bits per heavy atom. The fourth-order valence-electron chi connectivity index (χ4n) is 2.81. The molecule has 1 aromatic carbocycles. The maximum Gasteiger partial charge on any atom is 0.314 e. The summed E-state index contributed by atoms with van der Waals surface area (Å²) in [4.78, 5) is 11.7. The van der Waals surface area contributed by atoms with E-state index >= 15 is 0 Å². The van der Waals surface area contributed by atoms with E-state index in [4.69, 9.17) is 4.74 Å². The molecule has 1 saturated carbocycles. The maximum absolute atomic E-state index is 12.8. The predicted octanol–water partition coefficient (Wildman–Crippen LogP) is 2.90. The molecule has 1 fully saturated rings. The van der Waals surface area contributed by atoms with Crippen LogP contribution in [-0.2, 0) is 4.74 Å². The van der Waals surface area contributed by atoms with Crippen LogP contribution in [0.1, 0.15) is 50.2 Å². The van der Waals surface area contributed by atoms with Crippen molar-refractivity contribution in [2.75, 3.05) is 19.7 Å². The molecule has 1 aliphatic rings. The highest BCUT2D eigenvalue weighted by Gasteiger charge is 2.13. The SMILES string of the molecule is O=C(NCCCOC1CCCCC1)NCC(O)c1ccc(F)cc1. The Hall–Kier alpha value is -1.66. The molecule has 2 rings (SSSR count). The zero-order valence-electron chi connectivity index (χ0n) is 14.0. The van der Waals surface area contributed by atoms with Gasteiger partial charge in [-0.25, -0.2) is 9.18 Å². The first-order valence-electron chi connectivity index (χ1n) is 8.72. The number of carbonyl (C=O) groups is 1. The first-order valence-corrected chi connectivity index (χ1v) is 8.72. The second-order valence-electron chi connectivity index (χ2n) is 6.19. The van der Waals surface area contributed by atoms with Crippen LogP contribution in [0.15, 0.2) is 24.3 Å². The molecule has 0 bridgehead atoms. The maximum atomic E-state index is 12.8. The lowest BCUT2D eigenvalue weighted by Crippen LogP contribution is -2.38. The average Bonchev–Trinajstić information content (AvgIpc) is 2.61. The van der Waals surface area contributed by atoms with Crippen molar-refractivity contribution < 1.29 is 19.0 Å². The number of amides is 2. The van der Waals surface area contributed by atoms with E-state index in [2.05, 4.69) is 10.6 Å². The summed E-state index contributed by atoms with van der Waals surface area (Å²) in [6.07, 6.45) is 6.41. The van der Waals surface area contributed by atoms with Crippen molar-refractivity contribution in [3.63, 3.8) is 0 Å². The average molecular weight is 338 g/mol. The monoisotopic (exact) mass is 338 g/mol. The molecule has 1 unspecified atom stereocenters. The standard InChI is InChI=1S/C18H27FN2O3/c19-15-9-7-14(8-10-15)17(22)13-21-18(23)20-11-4-12-24-16-5-2-1-3-6-16/h7-10,16-17,22H,1-6,11-13H2,(H2,20,21,23). The van der Waals surface area contributed by atoms with Gasteiger partial charge in [0.25, 0.3) is 0 Å². The largest absolute Gasteiger partial charge is 0.387 e. The second-order valence-corrected chi connectivity index (χ2v) is 6.19. The summed E-state index contributed by atoms with van der Waals surface area (Å²) in [5, 5.41) is 15.3. The van der Waals surface area contributed by atoms with Gasteiger partial charge in [0.2, 0.25) is 0 Å². The van der Waals surface area contributed by atoms with Crippen LogP contribution >= 0.6 is 0 Å². The fourth-order valence-corrected chi connectivity index (χ4v) is 2.81. The molecule has 0 aliphatic heterocycles. The minimum Gasteiger partial charge on any atom is -0.387 e. The summed E-state index contributed by atoms with van der Waals surface area (Å²) in [5.74, 6) is -0.355. The van der Waals surface area contributed by atoms with Gasteiger partial charge >= 0.3 is 6.03 Å². The molecular weight excluding hydrogens is 311 g/mol. The van der Waals surface area contributed by atoms with Crippen LogP contribution in [0.4, 0.5) is 9.18 Å². The molecule has 134 valence electrons. The molecule has 1 aromatic rings. The minimum absolute atomic E-state index is 0.0794. The van der Waals surface area contributed by atoms with Gasteiger partial charge in [-0.2, -0.15) is 0 Å². The van der Waals surface area contributed by atoms with E-state index in [9.17, 15) is 14.3 Å². The number of hydrogen-bond acceptors (Lipinski definition) is 3. The van der Waals surface area contributed by atoms with Crippen molar-refractivity contribution in [3.8, 4) is 0 Å². The summed E-state index contributed by atoms with van der Waals surface area (Å²) < 4.78 is 18.6. The number of carbonyl (C=O) groups excluding carboxylic acids is 1. The summed E-state index contributed by atoms with van der Waals surface area (Å²) in [6.45, 7) is 1.27. The van der Waals surface area contributed by atoms with E-state index in [1.54, 1.807) is 0 Å². The third-order valence-corrected chi connectivity index (χ3v) is 4.22. The number of halogens is 1. The van der Waals surface area contributed by atoms with E-state index < -0.39 is 6.10 Å². The van der Waals surface area contributed by atoms with Crippen molar-refractivity contribution in [1.29, 1.82) is 0 Å². The van der Waals surface area contributed by atoms with E-state index in [1.165, 1.54) is 43.5 Å². The van der Waals surface area contributed by atoms with Gasteiger partial charge < -0.3 is 20.5 Å². The molecule has 0 spiro atoms. The van der Waals surface area contributed by atoms with Gasteiger partial charge in [0.05, 0.1) is 12.2 Å².